The first kappa shape index (κ1) is 18.4. The average molecular weight is 357 g/mol. The highest BCUT2D eigenvalue weighted by Gasteiger charge is 2.04. The minimum absolute atomic E-state index is 0.0430. The number of anilines is 2. The quantitative estimate of drug-likeness (QED) is 0.544. The second-order valence-electron chi connectivity index (χ2n) is 5.17. The molecule has 6 nitrogen and oxygen atoms in total. The van der Waals surface area contributed by atoms with Crippen LogP contribution < -0.4 is 16.0 Å². The molecule has 0 aliphatic rings. The highest BCUT2D eigenvalue weighted by Crippen LogP contribution is 2.15. The van der Waals surface area contributed by atoms with Crippen LogP contribution in [-0.4, -0.2) is 16.9 Å². The summed E-state index contributed by atoms with van der Waals surface area (Å²) in [4.78, 5) is 23.4. The maximum Gasteiger partial charge on any atom is 0.250 e. The minimum Gasteiger partial charge on any atom is -0.465 e. The number of hydrogen-bond acceptors (Lipinski definition) is 4. The number of furan rings is 1. The molecule has 2 aromatic rings. The number of carbonyl (C=O) groups is 2. The van der Waals surface area contributed by atoms with Crippen LogP contribution in [0.4, 0.5) is 11.4 Å². The van der Waals surface area contributed by atoms with Crippen molar-refractivity contribution >= 4 is 46.6 Å². The van der Waals surface area contributed by atoms with Gasteiger partial charge in [-0.1, -0.05) is 13.0 Å². The molecule has 7 heteroatoms. The Kier molecular flexibility index (Phi) is 6.91. The number of nitrogens with one attached hydrogen (secondary N) is 3. The van der Waals surface area contributed by atoms with E-state index in [1.54, 1.807) is 42.5 Å². The molecule has 2 amide bonds. The Morgan fingerprint density at radius 2 is 1.92 bits per heavy atom. The molecule has 0 bridgehead atoms. The summed E-state index contributed by atoms with van der Waals surface area (Å²) in [6.07, 6.45) is 5.64. The van der Waals surface area contributed by atoms with Crippen LogP contribution in [0.5, 0.6) is 0 Å². The fourth-order valence-corrected chi connectivity index (χ4v) is 2.20. The van der Waals surface area contributed by atoms with Gasteiger partial charge in [0.2, 0.25) is 11.8 Å². The summed E-state index contributed by atoms with van der Waals surface area (Å²) in [6, 6.07) is 10.6. The van der Waals surface area contributed by atoms with Crippen molar-refractivity contribution in [3.63, 3.8) is 0 Å². The molecule has 0 spiro atoms. The molecule has 0 atom stereocenters. The number of rotatable bonds is 6. The molecule has 130 valence electrons. The lowest BCUT2D eigenvalue weighted by atomic mass is 10.2. The number of carbonyl (C=O) groups excluding carboxylic acids is 2. The lowest BCUT2D eigenvalue weighted by Crippen LogP contribution is -2.32. The summed E-state index contributed by atoms with van der Waals surface area (Å²) in [7, 11) is 0. The van der Waals surface area contributed by atoms with E-state index in [9.17, 15) is 9.59 Å². The first-order valence-corrected chi connectivity index (χ1v) is 8.21. The zero-order valence-electron chi connectivity index (χ0n) is 13.7. The summed E-state index contributed by atoms with van der Waals surface area (Å²) in [5.74, 6) is 0.157. The second-order valence-corrected chi connectivity index (χ2v) is 5.58. The molecule has 0 saturated heterocycles. The zero-order chi connectivity index (χ0) is 18.1. The molecule has 1 heterocycles. The standard InChI is InChI=1S/C18H19N3O3S/c1-2-5-16(22)19-13-6-3-7-14(12-13)20-18(25)21-17(23)10-9-15-8-4-11-24-15/h3-4,6-12H,2,5H2,1H3,(H,19,22)(H2,20,21,23,25). The Hall–Kier alpha value is -2.93. The predicted molar refractivity (Wildman–Crippen MR) is 102 cm³/mol. The third-order valence-corrected chi connectivity index (χ3v) is 3.26. The van der Waals surface area contributed by atoms with Crippen LogP contribution in [-0.2, 0) is 9.59 Å². The highest BCUT2D eigenvalue weighted by atomic mass is 32.1. The predicted octanol–water partition coefficient (Wildman–Crippen LogP) is 3.54. The molecule has 3 N–H and O–H groups in total. The van der Waals surface area contributed by atoms with Gasteiger partial charge in [0.15, 0.2) is 5.11 Å². The number of hydrogen-bond donors (Lipinski definition) is 3. The largest absolute Gasteiger partial charge is 0.465 e. The van der Waals surface area contributed by atoms with Crippen molar-refractivity contribution < 1.29 is 14.0 Å². The molecular weight excluding hydrogens is 338 g/mol. The van der Waals surface area contributed by atoms with Crippen LogP contribution in [0.1, 0.15) is 25.5 Å². The smallest absolute Gasteiger partial charge is 0.250 e. The summed E-state index contributed by atoms with van der Waals surface area (Å²) in [5, 5.41) is 8.40. The molecule has 0 aliphatic heterocycles. The van der Waals surface area contributed by atoms with E-state index >= 15 is 0 Å². The van der Waals surface area contributed by atoms with Gasteiger partial charge in [-0.25, -0.2) is 0 Å². The van der Waals surface area contributed by atoms with E-state index < -0.39 is 0 Å². The van der Waals surface area contributed by atoms with Gasteiger partial charge >= 0.3 is 0 Å². The van der Waals surface area contributed by atoms with Gasteiger partial charge in [0.05, 0.1) is 6.26 Å². The fraction of sp³-hybridized carbons (Fsp3) is 0.167. The van der Waals surface area contributed by atoms with E-state index in [4.69, 9.17) is 16.6 Å². The molecule has 0 saturated carbocycles. The molecular formula is C18H19N3O3S. The molecule has 1 aromatic heterocycles. The lowest BCUT2D eigenvalue weighted by Gasteiger charge is -2.10. The fourth-order valence-electron chi connectivity index (χ4n) is 1.99. The van der Waals surface area contributed by atoms with Gasteiger partial charge in [0.1, 0.15) is 5.76 Å². The highest BCUT2D eigenvalue weighted by molar-refractivity contribution is 7.80. The monoisotopic (exact) mass is 357 g/mol. The van der Waals surface area contributed by atoms with E-state index in [0.717, 1.165) is 6.42 Å². The van der Waals surface area contributed by atoms with Crippen molar-refractivity contribution in [1.82, 2.24) is 5.32 Å². The van der Waals surface area contributed by atoms with Crippen LogP contribution in [0.3, 0.4) is 0 Å². The van der Waals surface area contributed by atoms with Gasteiger partial charge in [0, 0.05) is 23.9 Å². The van der Waals surface area contributed by atoms with Gasteiger partial charge in [-0.3, -0.25) is 14.9 Å². The molecule has 0 fully saturated rings. The maximum absolute atomic E-state index is 11.8. The van der Waals surface area contributed by atoms with Crippen molar-refractivity contribution in [2.24, 2.45) is 0 Å². The summed E-state index contributed by atoms with van der Waals surface area (Å²) >= 11 is 5.11. The summed E-state index contributed by atoms with van der Waals surface area (Å²) in [5.41, 5.74) is 1.32. The minimum atomic E-state index is -0.374. The molecule has 0 unspecified atom stereocenters. The van der Waals surface area contributed by atoms with Crippen molar-refractivity contribution in [2.45, 2.75) is 19.8 Å². The Labute approximate surface area is 151 Å². The van der Waals surface area contributed by atoms with Crippen LogP contribution in [0.25, 0.3) is 6.08 Å². The molecule has 1 aromatic carbocycles. The van der Waals surface area contributed by atoms with Gasteiger partial charge < -0.3 is 15.1 Å². The van der Waals surface area contributed by atoms with E-state index in [2.05, 4.69) is 16.0 Å². The van der Waals surface area contributed by atoms with Crippen LogP contribution in [0.15, 0.2) is 53.2 Å². The van der Waals surface area contributed by atoms with Gasteiger partial charge in [-0.05, 0) is 55.0 Å². The maximum atomic E-state index is 11.8. The summed E-state index contributed by atoms with van der Waals surface area (Å²) < 4.78 is 5.10. The van der Waals surface area contributed by atoms with E-state index in [-0.39, 0.29) is 16.9 Å². The Morgan fingerprint density at radius 1 is 1.16 bits per heavy atom. The molecule has 0 aliphatic carbocycles. The first-order valence-electron chi connectivity index (χ1n) is 7.80. The van der Waals surface area contributed by atoms with Crippen molar-refractivity contribution in [1.29, 1.82) is 0 Å². The van der Waals surface area contributed by atoms with Crippen molar-refractivity contribution in [3.05, 3.63) is 54.5 Å². The van der Waals surface area contributed by atoms with Crippen molar-refractivity contribution in [3.8, 4) is 0 Å². The first-order chi connectivity index (χ1) is 12.1. The van der Waals surface area contributed by atoms with E-state index in [1.807, 2.05) is 6.92 Å². The van der Waals surface area contributed by atoms with Crippen LogP contribution in [0, 0.1) is 0 Å². The third kappa shape index (κ3) is 6.60. The third-order valence-electron chi connectivity index (χ3n) is 3.06. The number of amides is 2. The van der Waals surface area contributed by atoms with E-state index in [0.29, 0.717) is 23.6 Å². The molecule has 2 rings (SSSR count). The number of benzene rings is 1. The topological polar surface area (TPSA) is 83.4 Å². The Balaban J connectivity index is 1.87. The lowest BCUT2D eigenvalue weighted by molar-refractivity contribution is -0.116. The van der Waals surface area contributed by atoms with Crippen LogP contribution >= 0.6 is 12.2 Å². The normalized spacial score (nSPS) is 10.4. The second kappa shape index (κ2) is 9.39. The van der Waals surface area contributed by atoms with Crippen LogP contribution in [0.2, 0.25) is 0 Å². The Morgan fingerprint density at radius 3 is 2.60 bits per heavy atom. The zero-order valence-corrected chi connectivity index (χ0v) is 14.6. The van der Waals surface area contributed by atoms with E-state index in [1.165, 1.54) is 12.3 Å². The Bertz CT molecular complexity index is 770. The van der Waals surface area contributed by atoms with Gasteiger partial charge in [-0.15, -0.1) is 0 Å². The number of thiocarbonyl (C=S) groups is 1. The van der Waals surface area contributed by atoms with Crippen molar-refractivity contribution in [2.75, 3.05) is 10.6 Å². The summed E-state index contributed by atoms with van der Waals surface area (Å²) in [6.45, 7) is 1.94. The van der Waals surface area contributed by atoms with Gasteiger partial charge in [-0.2, -0.15) is 0 Å². The SMILES string of the molecule is CCCC(=O)Nc1cccc(NC(=S)NC(=O)C=Cc2ccco2)c1. The molecule has 0 radical (unpaired) electrons. The average Bonchev–Trinajstić information content (AvgIpc) is 3.06. The van der Waals surface area contributed by atoms with Gasteiger partial charge in [0.25, 0.3) is 0 Å². The molecule has 25 heavy (non-hydrogen) atoms.